The number of thiocarbonyl (C=S) groups is 1. The summed E-state index contributed by atoms with van der Waals surface area (Å²) in [6, 6.07) is 16.0. The van der Waals surface area contributed by atoms with Crippen LogP contribution in [-0.2, 0) is 29.6 Å². The van der Waals surface area contributed by atoms with Gasteiger partial charge in [0.15, 0.2) is 0 Å². The molecule has 2 aromatic heterocycles. The van der Waals surface area contributed by atoms with Crippen LogP contribution in [-0.4, -0.2) is 32.2 Å². The molecule has 1 atom stereocenters. The molecule has 1 unspecified atom stereocenters. The molecule has 2 aliphatic heterocycles. The molecule has 6 rings (SSSR count). The zero-order valence-electron chi connectivity index (χ0n) is 18.0. The van der Waals surface area contributed by atoms with Gasteiger partial charge in [0.05, 0.1) is 22.3 Å². The predicted molar refractivity (Wildman–Crippen MR) is 132 cm³/mol. The molecule has 4 aromatic rings. The fraction of sp³-hybridized carbons (Fsp3) is 0.192. The van der Waals surface area contributed by atoms with E-state index in [0.29, 0.717) is 17.6 Å². The van der Waals surface area contributed by atoms with Gasteiger partial charge in [-0.3, -0.25) is 14.9 Å². The number of aliphatic imine (C=N–C) groups is 1. The van der Waals surface area contributed by atoms with Gasteiger partial charge >= 0.3 is 0 Å². The molecule has 2 amide bonds. The van der Waals surface area contributed by atoms with Gasteiger partial charge in [0.25, 0.3) is 11.8 Å². The number of rotatable bonds is 3. The Morgan fingerprint density at radius 1 is 1.00 bits per heavy atom. The van der Waals surface area contributed by atoms with Gasteiger partial charge in [-0.2, -0.15) is 0 Å². The number of amides is 2. The highest BCUT2D eigenvalue weighted by molar-refractivity contribution is 7.78. The number of hydrogen-bond acceptors (Lipinski definition) is 4. The van der Waals surface area contributed by atoms with Crippen molar-refractivity contribution in [3.05, 3.63) is 71.5 Å². The van der Waals surface area contributed by atoms with Crippen LogP contribution < -0.4 is 5.32 Å². The highest BCUT2D eigenvalue weighted by Gasteiger charge is 2.38. The lowest BCUT2D eigenvalue weighted by atomic mass is 9.91. The molecule has 0 saturated carbocycles. The molecule has 4 heterocycles. The van der Waals surface area contributed by atoms with Crippen LogP contribution in [0.2, 0.25) is 0 Å². The lowest BCUT2D eigenvalue weighted by Crippen LogP contribution is -2.24. The fourth-order valence-corrected chi connectivity index (χ4v) is 5.53. The van der Waals surface area contributed by atoms with E-state index >= 15 is 0 Å². The molecule has 0 bridgehead atoms. The number of carbonyl (C=O) groups excluding carboxylic acids is 2. The molecular weight excluding hydrogens is 432 g/mol. The number of para-hydroxylation sites is 2. The molecule has 33 heavy (non-hydrogen) atoms. The van der Waals surface area contributed by atoms with Crippen LogP contribution in [0.1, 0.15) is 23.2 Å². The van der Waals surface area contributed by atoms with Gasteiger partial charge in [-0.05, 0) is 30.8 Å². The predicted octanol–water partition coefficient (Wildman–Crippen LogP) is 4.12. The molecule has 7 heteroatoms. The molecule has 0 saturated heterocycles. The Morgan fingerprint density at radius 2 is 1.70 bits per heavy atom. The topological polar surface area (TPSA) is 68.4 Å². The molecule has 0 radical (unpaired) electrons. The third-order valence-electron chi connectivity index (χ3n) is 6.78. The minimum absolute atomic E-state index is 0.0137. The molecule has 6 nitrogen and oxygen atoms in total. The molecule has 2 aliphatic rings. The van der Waals surface area contributed by atoms with E-state index in [-0.39, 0.29) is 17.9 Å². The van der Waals surface area contributed by atoms with Crippen molar-refractivity contribution in [2.75, 3.05) is 0 Å². The number of imide groups is 1. The Kier molecular flexibility index (Phi) is 4.43. The summed E-state index contributed by atoms with van der Waals surface area (Å²) in [6.07, 6.45) is 3.43. The normalized spacial score (nSPS) is 18.0. The minimum Gasteiger partial charge on any atom is -0.350 e. The van der Waals surface area contributed by atoms with Crippen molar-refractivity contribution < 1.29 is 9.59 Å². The second-order valence-corrected chi connectivity index (χ2v) is 8.74. The summed E-state index contributed by atoms with van der Waals surface area (Å²) in [5.41, 5.74) is 5.53. The van der Waals surface area contributed by atoms with E-state index in [1.54, 1.807) is 0 Å². The van der Waals surface area contributed by atoms with Gasteiger partial charge in [-0.25, -0.2) is 4.99 Å². The number of benzene rings is 2. The van der Waals surface area contributed by atoms with Gasteiger partial charge in [0, 0.05) is 64.8 Å². The number of isothiocyanates is 1. The number of nitrogens with zero attached hydrogens (tertiary/aromatic N) is 3. The first-order chi connectivity index (χ1) is 16.1. The molecule has 162 valence electrons. The number of nitrogens with one attached hydrogen (secondary N) is 1. The third kappa shape index (κ3) is 2.86. The summed E-state index contributed by atoms with van der Waals surface area (Å²) in [6.45, 7) is 0.771. The summed E-state index contributed by atoms with van der Waals surface area (Å²) >= 11 is 4.86. The minimum atomic E-state index is -0.361. The lowest BCUT2D eigenvalue weighted by Gasteiger charge is -2.22. The van der Waals surface area contributed by atoms with Crippen molar-refractivity contribution in [3.8, 4) is 0 Å². The van der Waals surface area contributed by atoms with Gasteiger partial charge < -0.3 is 9.13 Å². The van der Waals surface area contributed by atoms with Crippen LogP contribution in [0, 0.1) is 0 Å². The maximum absolute atomic E-state index is 13.3. The van der Waals surface area contributed by atoms with E-state index in [2.05, 4.69) is 26.1 Å². The summed E-state index contributed by atoms with van der Waals surface area (Å²) < 4.78 is 4.24. The first-order valence-electron chi connectivity index (χ1n) is 10.9. The summed E-state index contributed by atoms with van der Waals surface area (Å²) in [5, 5.41) is 6.99. The zero-order valence-corrected chi connectivity index (χ0v) is 18.8. The van der Waals surface area contributed by atoms with Crippen molar-refractivity contribution in [1.82, 2.24) is 14.5 Å². The number of carbonyl (C=O) groups is 2. The van der Waals surface area contributed by atoms with Gasteiger partial charge in [0.1, 0.15) is 0 Å². The number of aryl methyl sites for hydroxylation is 2. The quantitative estimate of drug-likeness (QED) is 0.289. The largest absolute Gasteiger partial charge is 0.350 e. The Labute approximate surface area is 195 Å². The average Bonchev–Trinajstić information content (AvgIpc) is 3.42. The Hall–Kier alpha value is -3.80. The summed E-state index contributed by atoms with van der Waals surface area (Å²) in [5.74, 6) is -0.720. The third-order valence-corrected chi connectivity index (χ3v) is 6.88. The molecule has 1 N–H and O–H groups in total. The van der Waals surface area contributed by atoms with E-state index in [4.69, 9.17) is 12.2 Å². The second-order valence-electron chi connectivity index (χ2n) is 8.56. The highest BCUT2D eigenvalue weighted by Crippen LogP contribution is 2.42. The number of fused-ring (bicyclic) bond motifs is 4. The summed E-state index contributed by atoms with van der Waals surface area (Å²) in [7, 11) is 1.95. The Morgan fingerprint density at radius 3 is 2.48 bits per heavy atom. The fourth-order valence-electron chi connectivity index (χ4n) is 5.38. The van der Waals surface area contributed by atoms with Crippen LogP contribution >= 0.6 is 12.2 Å². The van der Waals surface area contributed by atoms with Gasteiger partial charge in [0.2, 0.25) is 0 Å². The maximum atomic E-state index is 13.3. The lowest BCUT2D eigenvalue weighted by molar-refractivity contribution is -0.122. The molecule has 2 aromatic carbocycles. The molecule has 0 aliphatic carbocycles. The second kappa shape index (κ2) is 7.37. The maximum Gasteiger partial charge on any atom is 0.259 e. The number of aromatic nitrogens is 2. The van der Waals surface area contributed by atoms with E-state index in [0.717, 1.165) is 51.6 Å². The van der Waals surface area contributed by atoms with Crippen molar-refractivity contribution in [2.24, 2.45) is 12.0 Å². The van der Waals surface area contributed by atoms with Crippen LogP contribution in [0.3, 0.4) is 0 Å². The molecule has 0 fully saturated rings. The van der Waals surface area contributed by atoms with E-state index in [1.165, 1.54) is 0 Å². The van der Waals surface area contributed by atoms with E-state index in [1.807, 2.05) is 60.3 Å². The van der Waals surface area contributed by atoms with E-state index in [9.17, 15) is 9.59 Å². The van der Waals surface area contributed by atoms with Crippen LogP contribution in [0.4, 0.5) is 0 Å². The SMILES string of the molecule is Cn1cc(C2=C(c3c4n(c5ccccc35)CCC(N=C=S)C4)C(=O)NC2=O)c2ccccc21. The van der Waals surface area contributed by atoms with Crippen LogP contribution in [0.15, 0.2) is 59.7 Å². The Bertz CT molecular complexity index is 1580. The standard InChI is InChI=1S/C26H20N4O2S/c1-29-13-18(16-6-2-4-8-19(16)29)23-24(26(32)28-25(23)31)22-17-7-3-5-9-20(17)30-11-10-15(27-14-33)12-21(22)30/h2-9,13,15H,10-12H2,1H3,(H,28,31,32). The van der Waals surface area contributed by atoms with Crippen LogP contribution in [0.25, 0.3) is 33.0 Å². The first-order valence-corrected chi connectivity index (χ1v) is 11.3. The highest BCUT2D eigenvalue weighted by atomic mass is 32.1. The smallest absolute Gasteiger partial charge is 0.259 e. The van der Waals surface area contributed by atoms with Gasteiger partial charge in [-0.15, -0.1) is 0 Å². The Balaban J connectivity index is 1.70. The van der Waals surface area contributed by atoms with E-state index < -0.39 is 0 Å². The summed E-state index contributed by atoms with van der Waals surface area (Å²) in [4.78, 5) is 30.8. The monoisotopic (exact) mass is 452 g/mol. The molecular formula is C26H20N4O2S. The number of hydrogen-bond donors (Lipinski definition) is 1. The van der Waals surface area contributed by atoms with Crippen LogP contribution in [0.5, 0.6) is 0 Å². The van der Waals surface area contributed by atoms with Gasteiger partial charge in [-0.1, -0.05) is 36.4 Å². The van der Waals surface area contributed by atoms with Crippen molar-refractivity contribution >= 4 is 62.1 Å². The van der Waals surface area contributed by atoms with Crippen molar-refractivity contribution in [3.63, 3.8) is 0 Å². The zero-order chi connectivity index (χ0) is 22.7. The first kappa shape index (κ1) is 19.9. The molecule has 0 spiro atoms. The average molecular weight is 453 g/mol. The van der Waals surface area contributed by atoms with Crippen molar-refractivity contribution in [1.29, 1.82) is 0 Å². The van der Waals surface area contributed by atoms with Crippen molar-refractivity contribution in [2.45, 2.75) is 25.4 Å².